The first-order chi connectivity index (χ1) is 5.38. The fourth-order valence-corrected chi connectivity index (χ4v) is 1.69. The summed E-state index contributed by atoms with van der Waals surface area (Å²) in [6.45, 7) is 0. The summed E-state index contributed by atoms with van der Waals surface area (Å²) in [5.41, 5.74) is 2.12. The Labute approximate surface area is 66.1 Å². The summed E-state index contributed by atoms with van der Waals surface area (Å²) in [6, 6.07) is 7.83. The first-order valence-electron chi connectivity index (χ1n) is 4.10. The molecule has 1 aromatic carbocycles. The zero-order valence-corrected chi connectivity index (χ0v) is 6.39. The van der Waals surface area contributed by atoms with E-state index in [0.717, 1.165) is 18.4 Å². The van der Waals surface area contributed by atoms with Gasteiger partial charge in [-0.05, 0) is 30.4 Å². The lowest BCUT2D eigenvalue weighted by Crippen LogP contribution is -2.04. The molecule has 0 spiro atoms. The van der Waals surface area contributed by atoms with Crippen molar-refractivity contribution in [3.63, 3.8) is 0 Å². The molecule has 1 aliphatic carbocycles. The Kier molecular flexibility index (Phi) is 1.65. The predicted molar refractivity (Wildman–Crippen MR) is 43.2 cm³/mol. The Balaban J connectivity index is 2.44. The van der Waals surface area contributed by atoms with Gasteiger partial charge in [0, 0.05) is 0 Å². The number of hydrogen-bond acceptors (Lipinski definition) is 0. The van der Waals surface area contributed by atoms with E-state index in [1.54, 1.807) is 0 Å². The van der Waals surface area contributed by atoms with Gasteiger partial charge in [0.2, 0.25) is 0 Å². The van der Waals surface area contributed by atoms with Gasteiger partial charge >= 0.3 is 0 Å². The van der Waals surface area contributed by atoms with E-state index in [1.165, 1.54) is 5.56 Å². The highest BCUT2D eigenvalue weighted by Crippen LogP contribution is 2.31. The van der Waals surface area contributed by atoms with Crippen molar-refractivity contribution in [2.24, 2.45) is 0 Å². The number of alkyl halides is 1. The van der Waals surface area contributed by atoms with Crippen LogP contribution < -0.4 is 0 Å². The van der Waals surface area contributed by atoms with Gasteiger partial charge in [-0.15, -0.1) is 0 Å². The van der Waals surface area contributed by atoms with Crippen LogP contribution in [0, 0.1) is 0 Å². The van der Waals surface area contributed by atoms with Gasteiger partial charge in [-0.1, -0.05) is 24.3 Å². The van der Waals surface area contributed by atoms with Crippen molar-refractivity contribution in [2.75, 3.05) is 0 Å². The zero-order chi connectivity index (χ0) is 7.68. The molecule has 58 valence electrons. The molecule has 11 heavy (non-hydrogen) atoms. The molecule has 2 rings (SSSR count). The monoisotopic (exact) mass is 150 g/mol. The van der Waals surface area contributed by atoms with Crippen molar-refractivity contribution >= 4 is 0 Å². The van der Waals surface area contributed by atoms with Gasteiger partial charge < -0.3 is 0 Å². The number of rotatable bonds is 0. The summed E-state index contributed by atoms with van der Waals surface area (Å²) >= 11 is 0. The van der Waals surface area contributed by atoms with Crippen molar-refractivity contribution in [3.8, 4) is 0 Å². The van der Waals surface area contributed by atoms with Gasteiger partial charge in [0.05, 0.1) is 0 Å². The minimum absolute atomic E-state index is 0.705. The largest absolute Gasteiger partial charge is 0.242 e. The maximum absolute atomic E-state index is 13.2. The third kappa shape index (κ3) is 1.15. The lowest BCUT2D eigenvalue weighted by atomic mass is 9.90. The van der Waals surface area contributed by atoms with Crippen molar-refractivity contribution in [1.29, 1.82) is 0 Å². The molecular weight excluding hydrogens is 139 g/mol. The Morgan fingerprint density at radius 2 is 2.09 bits per heavy atom. The number of benzene rings is 1. The highest BCUT2D eigenvalue weighted by Gasteiger charge is 2.17. The Morgan fingerprint density at radius 1 is 1.27 bits per heavy atom. The van der Waals surface area contributed by atoms with Gasteiger partial charge in [-0.3, -0.25) is 0 Å². The van der Waals surface area contributed by atoms with E-state index >= 15 is 0 Å². The van der Waals surface area contributed by atoms with Crippen molar-refractivity contribution in [3.05, 3.63) is 35.4 Å². The normalized spacial score (nSPS) is 22.8. The van der Waals surface area contributed by atoms with E-state index in [-0.39, 0.29) is 0 Å². The van der Waals surface area contributed by atoms with Gasteiger partial charge in [0.25, 0.3) is 0 Å². The van der Waals surface area contributed by atoms with Crippen LogP contribution in [0.5, 0.6) is 0 Å². The molecule has 0 saturated heterocycles. The molecule has 1 atom stereocenters. The smallest absolute Gasteiger partial charge is 0.125 e. The maximum atomic E-state index is 13.2. The molecule has 0 nitrogen and oxygen atoms in total. The van der Waals surface area contributed by atoms with Crippen LogP contribution in [0.3, 0.4) is 0 Å². The second-order valence-electron chi connectivity index (χ2n) is 3.06. The average molecular weight is 150 g/mol. The molecular formula is C10H11F. The van der Waals surface area contributed by atoms with Crippen LogP contribution in [0.1, 0.15) is 30.1 Å². The van der Waals surface area contributed by atoms with E-state index in [4.69, 9.17) is 0 Å². The second kappa shape index (κ2) is 2.65. The number of fused-ring (bicyclic) bond motifs is 1. The van der Waals surface area contributed by atoms with E-state index in [2.05, 4.69) is 0 Å². The fraction of sp³-hybridized carbons (Fsp3) is 0.400. The zero-order valence-electron chi connectivity index (χ0n) is 6.39. The summed E-state index contributed by atoms with van der Waals surface area (Å²) in [7, 11) is 0. The molecule has 0 heterocycles. The topological polar surface area (TPSA) is 0 Å². The quantitative estimate of drug-likeness (QED) is 0.533. The molecule has 1 unspecified atom stereocenters. The molecule has 0 amide bonds. The summed E-state index contributed by atoms with van der Waals surface area (Å²) in [5.74, 6) is 0. The second-order valence-corrected chi connectivity index (χ2v) is 3.06. The van der Waals surface area contributed by atoms with E-state index in [0.29, 0.717) is 6.42 Å². The molecule has 1 heteroatoms. The van der Waals surface area contributed by atoms with Gasteiger partial charge in [-0.25, -0.2) is 4.39 Å². The van der Waals surface area contributed by atoms with Crippen molar-refractivity contribution in [1.82, 2.24) is 0 Å². The van der Waals surface area contributed by atoms with E-state index in [1.807, 2.05) is 24.3 Å². The van der Waals surface area contributed by atoms with Gasteiger partial charge in [0.15, 0.2) is 0 Å². The standard InChI is InChI=1S/C10H11F/c11-10-7-3-5-8-4-1-2-6-9(8)10/h1-2,4,6,10H,3,5,7H2. The van der Waals surface area contributed by atoms with Crippen LogP contribution in [0.25, 0.3) is 0 Å². The SMILES string of the molecule is FC1CCCc2ccccc21. The predicted octanol–water partition coefficient (Wildman–Crippen LogP) is 3.03. The summed E-state index contributed by atoms with van der Waals surface area (Å²) < 4.78 is 13.2. The molecule has 0 aliphatic heterocycles. The van der Waals surface area contributed by atoms with Crippen LogP contribution in [0.2, 0.25) is 0 Å². The highest BCUT2D eigenvalue weighted by atomic mass is 19.1. The van der Waals surface area contributed by atoms with Crippen LogP contribution in [-0.2, 0) is 6.42 Å². The molecule has 0 radical (unpaired) electrons. The molecule has 0 saturated carbocycles. The molecule has 1 aliphatic rings. The summed E-state index contributed by atoms with van der Waals surface area (Å²) in [5, 5.41) is 0. The van der Waals surface area contributed by atoms with Gasteiger partial charge in [-0.2, -0.15) is 0 Å². The summed E-state index contributed by atoms with van der Waals surface area (Å²) in [4.78, 5) is 0. The van der Waals surface area contributed by atoms with Crippen molar-refractivity contribution in [2.45, 2.75) is 25.4 Å². The van der Waals surface area contributed by atoms with E-state index in [9.17, 15) is 4.39 Å². The minimum Gasteiger partial charge on any atom is -0.242 e. The van der Waals surface area contributed by atoms with Crippen LogP contribution in [-0.4, -0.2) is 0 Å². The van der Waals surface area contributed by atoms with Crippen LogP contribution in [0.15, 0.2) is 24.3 Å². The molecule has 0 aromatic heterocycles. The van der Waals surface area contributed by atoms with E-state index < -0.39 is 6.17 Å². The Hall–Kier alpha value is -0.850. The van der Waals surface area contributed by atoms with Crippen LogP contribution >= 0.6 is 0 Å². The number of halogens is 1. The Morgan fingerprint density at radius 3 is 2.91 bits per heavy atom. The van der Waals surface area contributed by atoms with Crippen LogP contribution in [0.4, 0.5) is 4.39 Å². The third-order valence-electron chi connectivity index (χ3n) is 2.30. The average Bonchev–Trinajstić information content (AvgIpc) is 2.06. The number of aryl methyl sites for hydroxylation is 1. The summed E-state index contributed by atoms with van der Waals surface area (Å²) in [6.07, 6.45) is 2.05. The molecule has 0 bridgehead atoms. The Bertz CT molecular complexity index is 255. The molecule has 0 N–H and O–H groups in total. The first-order valence-corrected chi connectivity index (χ1v) is 4.10. The number of hydrogen-bond donors (Lipinski definition) is 0. The maximum Gasteiger partial charge on any atom is 0.125 e. The third-order valence-corrected chi connectivity index (χ3v) is 2.30. The molecule has 1 aromatic rings. The highest BCUT2D eigenvalue weighted by molar-refractivity contribution is 5.30. The lowest BCUT2D eigenvalue weighted by Gasteiger charge is -2.18. The first kappa shape index (κ1) is 6.84. The van der Waals surface area contributed by atoms with Gasteiger partial charge in [0.1, 0.15) is 6.17 Å². The lowest BCUT2D eigenvalue weighted by molar-refractivity contribution is 0.302. The minimum atomic E-state index is -0.708. The van der Waals surface area contributed by atoms with Crippen molar-refractivity contribution < 1.29 is 4.39 Å². The fourth-order valence-electron chi connectivity index (χ4n) is 1.69. The molecule has 0 fully saturated rings.